The van der Waals surface area contributed by atoms with E-state index in [9.17, 15) is 9.50 Å². The molecule has 0 amide bonds. The number of hydrogen-bond donors (Lipinski definition) is 2. The predicted octanol–water partition coefficient (Wildman–Crippen LogP) is 2.78. The summed E-state index contributed by atoms with van der Waals surface area (Å²) in [5.41, 5.74) is 5.73. The molecule has 1 unspecified atom stereocenters. The third-order valence-electron chi connectivity index (χ3n) is 1.62. The van der Waals surface area contributed by atoms with Crippen molar-refractivity contribution >= 4 is 27.5 Å². The van der Waals surface area contributed by atoms with Crippen molar-refractivity contribution in [3.8, 4) is 5.75 Å². The molecule has 0 fully saturated rings. The Bertz CT molecular complexity index is 321. The van der Waals surface area contributed by atoms with E-state index in [1.54, 1.807) is 6.07 Å². The van der Waals surface area contributed by atoms with Gasteiger partial charge in [0.15, 0.2) is 0 Å². The van der Waals surface area contributed by atoms with E-state index in [1.165, 1.54) is 6.07 Å². The summed E-state index contributed by atoms with van der Waals surface area (Å²) in [7, 11) is 0. The van der Waals surface area contributed by atoms with Gasteiger partial charge in [-0.25, -0.2) is 4.39 Å². The zero-order valence-electron chi connectivity index (χ0n) is 6.60. The van der Waals surface area contributed by atoms with Gasteiger partial charge in [-0.1, -0.05) is 27.5 Å². The molecule has 3 N–H and O–H groups in total. The first-order chi connectivity index (χ1) is 6.06. The number of phenols is 1. The Kier molecular flexibility index (Phi) is 3.53. The molecule has 1 rings (SSSR count). The highest BCUT2D eigenvalue weighted by molar-refractivity contribution is 9.10. The number of benzene rings is 1. The summed E-state index contributed by atoms with van der Waals surface area (Å²) in [4.78, 5) is 0. The predicted molar refractivity (Wildman–Crippen MR) is 53.7 cm³/mol. The third kappa shape index (κ3) is 2.33. The van der Waals surface area contributed by atoms with Crippen LogP contribution in [0.15, 0.2) is 16.6 Å². The molecule has 0 aliphatic carbocycles. The van der Waals surface area contributed by atoms with Crippen LogP contribution in [0.3, 0.4) is 0 Å². The van der Waals surface area contributed by atoms with E-state index in [2.05, 4.69) is 15.9 Å². The second-order valence-corrected chi connectivity index (χ2v) is 3.91. The molecule has 0 radical (unpaired) electrons. The van der Waals surface area contributed by atoms with Gasteiger partial charge in [-0.15, -0.1) is 0 Å². The van der Waals surface area contributed by atoms with Crippen LogP contribution in [0.4, 0.5) is 4.39 Å². The first-order valence-corrected chi connectivity index (χ1v) is 4.72. The summed E-state index contributed by atoms with van der Waals surface area (Å²) >= 11 is 8.83. The van der Waals surface area contributed by atoms with Crippen LogP contribution in [0.5, 0.6) is 5.75 Å². The zero-order chi connectivity index (χ0) is 10.0. The van der Waals surface area contributed by atoms with E-state index in [-0.39, 0.29) is 10.8 Å². The Labute approximate surface area is 88.6 Å². The van der Waals surface area contributed by atoms with Gasteiger partial charge >= 0.3 is 0 Å². The molecule has 1 aromatic rings. The Hall–Kier alpha value is -0.320. The van der Waals surface area contributed by atoms with Crippen molar-refractivity contribution in [1.82, 2.24) is 0 Å². The molecule has 2 nitrogen and oxygen atoms in total. The smallest absolute Gasteiger partial charge is 0.139 e. The van der Waals surface area contributed by atoms with Gasteiger partial charge in [-0.05, 0) is 12.1 Å². The molecule has 0 bridgehead atoms. The minimum Gasteiger partial charge on any atom is -0.506 e. The monoisotopic (exact) mass is 267 g/mol. The summed E-state index contributed by atoms with van der Waals surface area (Å²) < 4.78 is 12.9. The maximum Gasteiger partial charge on any atom is 0.139 e. The van der Waals surface area contributed by atoms with Gasteiger partial charge < -0.3 is 10.8 Å². The largest absolute Gasteiger partial charge is 0.506 e. The quantitative estimate of drug-likeness (QED) is 0.866. The SMILES string of the molecule is NC(CF)c1cc(Br)cc(Cl)c1O. The van der Waals surface area contributed by atoms with Crippen LogP contribution in [0.25, 0.3) is 0 Å². The molecular formula is C8H8BrClFNO. The maximum absolute atomic E-state index is 12.2. The van der Waals surface area contributed by atoms with E-state index in [4.69, 9.17) is 17.3 Å². The fourth-order valence-electron chi connectivity index (χ4n) is 0.952. The van der Waals surface area contributed by atoms with E-state index in [1.807, 2.05) is 0 Å². The fraction of sp³-hybridized carbons (Fsp3) is 0.250. The Morgan fingerprint density at radius 3 is 2.77 bits per heavy atom. The minimum absolute atomic E-state index is 0.157. The Balaban J connectivity index is 3.20. The summed E-state index contributed by atoms with van der Waals surface area (Å²) in [5, 5.41) is 9.58. The van der Waals surface area contributed by atoms with E-state index in [0.29, 0.717) is 10.0 Å². The van der Waals surface area contributed by atoms with Crippen molar-refractivity contribution in [1.29, 1.82) is 0 Å². The van der Waals surface area contributed by atoms with Crippen molar-refractivity contribution < 1.29 is 9.50 Å². The number of hydrogen-bond acceptors (Lipinski definition) is 2. The summed E-state index contributed by atoms with van der Waals surface area (Å²) in [6.45, 7) is -0.736. The molecule has 0 aliphatic heterocycles. The van der Waals surface area contributed by atoms with Crippen molar-refractivity contribution in [2.75, 3.05) is 6.67 Å². The topological polar surface area (TPSA) is 46.2 Å². The molecule has 5 heteroatoms. The van der Waals surface area contributed by atoms with Crippen LogP contribution >= 0.6 is 27.5 Å². The number of rotatable bonds is 2. The average Bonchev–Trinajstić information content (AvgIpc) is 2.10. The molecule has 0 spiro atoms. The van der Waals surface area contributed by atoms with Gasteiger partial charge in [0, 0.05) is 10.0 Å². The first kappa shape index (κ1) is 10.8. The van der Waals surface area contributed by atoms with Crippen LogP contribution in [-0.2, 0) is 0 Å². The minimum atomic E-state index is -0.838. The second kappa shape index (κ2) is 4.26. The molecule has 0 aromatic heterocycles. The third-order valence-corrected chi connectivity index (χ3v) is 2.37. The van der Waals surface area contributed by atoms with Crippen molar-refractivity contribution in [3.05, 3.63) is 27.2 Å². The molecular weight excluding hydrogens is 260 g/mol. The number of halogens is 3. The van der Waals surface area contributed by atoms with Gasteiger partial charge in [0.05, 0.1) is 11.1 Å². The highest BCUT2D eigenvalue weighted by Crippen LogP contribution is 2.34. The van der Waals surface area contributed by atoms with Crippen molar-refractivity contribution in [2.45, 2.75) is 6.04 Å². The lowest BCUT2D eigenvalue weighted by Crippen LogP contribution is -2.12. The number of aromatic hydroxyl groups is 1. The lowest BCUT2D eigenvalue weighted by molar-refractivity contribution is 0.414. The molecule has 0 heterocycles. The lowest BCUT2D eigenvalue weighted by Gasteiger charge is -2.11. The molecule has 1 aromatic carbocycles. The number of phenolic OH excluding ortho intramolecular Hbond substituents is 1. The summed E-state index contributed by atoms with van der Waals surface area (Å²) in [5.74, 6) is -0.157. The maximum atomic E-state index is 12.2. The van der Waals surface area contributed by atoms with E-state index >= 15 is 0 Å². The lowest BCUT2D eigenvalue weighted by atomic mass is 10.1. The molecule has 0 aliphatic rings. The highest BCUT2D eigenvalue weighted by atomic mass is 79.9. The van der Waals surface area contributed by atoms with Crippen molar-refractivity contribution in [3.63, 3.8) is 0 Å². The molecule has 1 atom stereocenters. The van der Waals surface area contributed by atoms with Gasteiger partial charge in [0.2, 0.25) is 0 Å². The van der Waals surface area contributed by atoms with E-state index < -0.39 is 12.7 Å². The average molecular weight is 269 g/mol. The molecule has 0 saturated carbocycles. The molecule has 13 heavy (non-hydrogen) atoms. The van der Waals surface area contributed by atoms with Gasteiger partial charge in [-0.2, -0.15) is 0 Å². The first-order valence-electron chi connectivity index (χ1n) is 3.55. The molecule has 72 valence electrons. The van der Waals surface area contributed by atoms with Crippen LogP contribution in [0, 0.1) is 0 Å². The number of alkyl halides is 1. The zero-order valence-corrected chi connectivity index (χ0v) is 8.94. The summed E-state index contributed by atoms with van der Waals surface area (Å²) in [6, 6.07) is 2.23. The van der Waals surface area contributed by atoms with Crippen LogP contribution in [0.1, 0.15) is 11.6 Å². The Morgan fingerprint density at radius 2 is 2.23 bits per heavy atom. The van der Waals surface area contributed by atoms with Crippen molar-refractivity contribution in [2.24, 2.45) is 5.73 Å². The Morgan fingerprint density at radius 1 is 1.62 bits per heavy atom. The normalized spacial score (nSPS) is 12.9. The second-order valence-electron chi connectivity index (χ2n) is 2.59. The van der Waals surface area contributed by atoms with Crippen LogP contribution < -0.4 is 5.73 Å². The summed E-state index contributed by atoms with van der Waals surface area (Å²) in [6.07, 6.45) is 0. The van der Waals surface area contributed by atoms with Crippen LogP contribution in [0.2, 0.25) is 5.02 Å². The van der Waals surface area contributed by atoms with Gasteiger partial charge in [0.25, 0.3) is 0 Å². The molecule has 0 saturated heterocycles. The van der Waals surface area contributed by atoms with Crippen LogP contribution in [-0.4, -0.2) is 11.8 Å². The fourth-order valence-corrected chi connectivity index (χ4v) is 1.79. The standard InChI is InChI=1S/C8H8BrClFNO/c9-4-1-5(7(12)3-11)8(13)6(10)2-4/h1-2,7,13H,3,12H2. The highest BCUT2D eigenvalue weighted by Gasteiger charge is 2.14. The van der Waals surface area contributed by atoms with Gasteiger partial charge in [-0.3, -0.25) is 0 Å². The van der Waals surface area contributed by atoms with E-state index in [0.717, 1.165) is 0 Å². The van der Waals surface area contributed by atoms with Gasteiger partial charge in [0.1, 0.15) is 12.4 Å². The number of nitrogens with two attached hydrogens (primary N) is 1.